The zero-order valence-corrected chi connectivity index (χ0v) is 13.2. The van der Waals surface area contributed by atoms with Crippen molar-refractivity contribution in [2.24, 2.45) is 5.10 Å². The van der Waals surface area contributed by atoms with E-state index in [0.717, 1.165) is 0 Å². The van der Waals surface area contributed by atoms with E-state index in [1.807, 2.05) is 18.2 Å². The average molecular weight is 333 g/mol. The Morgan fingerprint density at radius 2 is 1.72 bits per heavy atom. The van der Waals surface area contributed by atoms with E-state index in [1.165, 1.54) is 12.3 Å². The van der Waals surface area contributed by atoms with Crippen LogP contribution in [0.15, 0.2) is 78.0 Å². The van der Waals surface area contributed by atoms with E-state index in [4.69, 9.17) is 5.11 Å². The Morgan fingerprint density at radius 1 is 0.960 bits per heavy atom. The quantitative estimate of drug-likeness (QED) is 0.556. The summed E-state index contributed by atoms with van der Waals surface area (Å²) in [5, 5.41) is 13.1. The third kappa shape index (κ3) is 3.81. The van der Waals surface area contributed by atoms with Crippen LogP contribution in [0.1, 0.15) is 26.4 Å². The number of carbonyl (C=O) groups is 2. The molecule has 0 aliphatic carbocycles. The minimum absolute atomic E-state index is 0.200. The molecule has 1 heterocycles. The van der Waals surface area contributed by atoms with E-state index < -0.39 is 5.97 Å². The molecule has 0 aliphatic heterocycles. The van der Waals surface area contributed by atoms with Crippen LogP contribution in [0.25, 0.3) is 5.69 Å². The van der Waals surface area contributed by atoms with Gasteiger partial charge in [-0.05, 0) is 42.5 Å². The molecule has 0 atom stereocenters. The van der Waals surface area contributed by atoms with Crippen LogP contribution >= 0.6 is 0 Å². The SMILES string of the molecule is O=C(O)c1cccc(-n2cccc2/C=N\NC(=O)c2ccccc2)c1. The average Bonchev–Trinajstić information content (AvgIpc) is 3.11. The molecule has 6 heteroatoms. The molecule has 0 unspecified atom stereocenters. The second-order valence-electron chi connectivity index (χ2n) is 5.22. The minimum Gasteiger partial charge on any atom is -0.478 e. The summed E-state index contributed by atoms with van der Waals surface area (Å²) in [7, 11) is 0. The highest BCUT2D eigenvalue weighted by Gasteiger charge is 2.07. The Morgan fingerprint density at radius 3 is 2.48 bits per heavy atom. The van der Waals surface area contributed by atoms with Crippen molar-refractivity contribution in [1.29, 1.82) is 0 Å². The molecule has 0 aliphatic rings. The van der Waals surface area contributed by atoms with E-state index in [9.17, 15) is 9.59 Å². The molecule has 1 amide bonds. The fraction of sp³-hybridized carbons (Fsp3) is 0. The van der Waals surface area contributed by atoms with E-state index >= 15 is 0 Å². The summed E-state index contributed by atoms with van der Waals surface area (Å²) >= 11 is 0. The Labute approximate surface area is 144 Å². The number of carbonyl (C=O) groups excluding carboxylic acids is 1. The van der Waals surface area contributed by atoms with Crippen LogP contribution < -0.4 is 5.43 Å². The van der Waals surface area contributed by atoms with Gasteiger partial charge in [-0.15, -0.1) is 0 Å². The van der Waals surface area contributed by atoms with Gasteiger partial charge in [-0.25, -0.2) is 10.2 Å². The first-order valence-electron chi connectivity index (χ1n) is 7.55. The number of hydrazone groups is 1. The highest BCUT2D eigenvalue weighted by molar-refractivity contribution is 5.94. The number of aromatic nitrogens is 1. The van der Waals surface area contributed by atoms with Crippen molar-refractivity contribution < 1.29 is 14.7 Å². The lowest BCUT2D eigenvalue weighted by molar-refractivity contribution is 0.0696. The summed E-state index contributed by atoms with van der Waals surface area (Å²) in [6.45, 7) is 0. The smallest absolute Gasteiger partial charge is 0.335 e. The lowest BCUT2D eigenvalue weighted by Crippen LogP contribution is -2.17. The van der Waals surface area contributed by atoms with Crippen molar-refractivity contribution in [2.45, 2.75) is 0 Å². The number of rotatable bonds is 5. The van der Waals surface area contributed by atoms with Crippen LogP contribution in [0.5, 0.6) is 0 Å². The van der Waals surface area contributed by atoms with Crippen molar-refractivity contribution in [3.63, 3.8) is 0 Å². The molecular formula is C19H15N3O3. The summed E-state index contributed by atoms with van der Waals surface area (Å²) in [4.78, 5) is 23.1. The summed E-state index contributed by atoms with van der Waals surface area (Å²) in [5.41, 5.74) is 4.59. The standard InChI is InChI=1S/C19H15N3O3/c23-18(14-6-2-1-3-7-14)21-20-13-17-10-5-11-22(17)16-9-4-8-15(12-16)19(24)25/h1-13H,(H,21,23)(H,24,25)/b20-13-. The monoisotopic (exact) mass is 333 g/mol. The molecule has 0 saturated heterocycles. The number of carboxylic acid groups (broad SMARTS) is 1. The molecule has 0 saturated carbocycles. The molecule has 0 radical (unpaired) electrons. The van der Waals surface area contributed by atoms with Crippen LogP contribution in [0.3, 0.4) is 0 Å². The third-order valence-corrected chi connectivity index (χ3v) is 3.55. The number of hydrogen-bond acceptors (Lipinski definition) is 3. The number of aromatic carboxylic acids is 1. The highest BCUT2D eigenvalue weighted by atomic mass is 16.4. The molecule has 124 valence electrons. The zero-order chi connectivity index (χ0) is 17.6. The Bertz CT molecular complexity index is 930. The van der Waals surface area contributed by atoms with Gasteiger partial charge in [-0.2, -0.15) is 5.10 Å². The van der Waals surface area contributed by atoms with Crippen LogP contribution in [0.4, 0.5) is 0 Å². The third-order valence-electron chi connectivity index (χ3n) is 3.55. The summed E-state index contributed by atoms with van der Waals surface area (Å²) in [6, 6.07) is 19.0. The topological polar surface area (TPSA) is 83.7 Å². The fourth-order valence-electron chi connectivity index (χ4n) is 2.33. The Balaban J connectivity index is 1.77. The van der Waals surface area contributed by atoms with Crippen molar-refractivity contribution in [3.8, 4) is 5.69 Å². The van der Waals surface area contributed by atoms with Gasteiger partial charge in [-0.3, -0.25) is 4.79 Å². The normalized spacial score (nSPS) is 10.7. The first kappa shape index (κ1) is 16.2. The summed E-state index contributed by atoms with van der Waals surface area (Å²) in [5.74, 6) is -1.29. The minimum atomic E-state index is -0.987. The van der Waals surface area contributed by atoms with E-state index in [0.29, 0.717) is 16.9 Å². The first-order chi connectivity index (χ1) is 12.1. The predicted octanol–water partition coefficient (Wildman–Crippen LogP) is 2.94. The number of benzene rings is 2. The first-order valence-corrected chi connectivity index (χ1v) is 7.55. The van der Waals surface area contributed by atoms with E-state index in [-0.39, 0.29) is 11.5 Å². The van der Waals surface area contributed by atoms with Crippen LogP contribution in [0, 0.1) is 0 Å². The molecule has 0 bridgehead atoms. The van der Waals surface area contributed by atoms with E-state index in [2.05, 4.69) is 10.5 Å². The molecule has 3 rings (SSSR count). The molecule has 6 nitrogen and oxygen atoms in total. The van der Waals surface area contributed by atoms with Gasteiger partial charge in [-0.1, -0.05) is 24.3 Å². The molecule has 1 aromatic heterocycles. The Hall–Kier alpha value is -3.67. The van der Waals surface area contributed by atoms with Crippen molar-refractivity contribution >= 4 is 18.1 Å². The molecule has 0 spiro atoms. The van der Waals surface area contributed by atoms with Crippen LogP contribution in [-0.4, -0.2) is 27.8 Å². The van der Waals surface area contributed by atoms with Crippen LogP contribution in [0.2, 0.25) is 0 Å². The second kappa shape index (κ2) is 7.27. The maximum absolute atomic E-state index is 12.0. The molecule has 2 aromatic carbocycles. The largest absolute Gasteiger partial charge is 0.478 e. The molecule has 3 aromatic rings. The lowest BCUT2D eigenvalue weighted by Gasteiger charge is -2.07. The maximum atomic E-state index is 12.0. The summed E-state index contributed by atoms with van der Waals surface area (Å²) in [6.07, 6.45) is 3.30. The second-order valence-corrected chi connectivity index (χ2v) is 5.22. The summed E-state index contributed by atoms with van der Waals surface area (Å²) < 4.78 is 1.78. The van der Waals surface area contributed by atoms with Gasteiger partial charge >= 0.3 is 5.97 Å². The van der Waals surface area contributed by atoms with Gasteiger partial charge in [0.1, 0.15) is 0 Å². The fourth-order valence-corrected chi connectivity index (χ4v) is 2.33. The molecule has 0 fully saturated rings. The lowest BCUT2D eigenvalue weighted by atomic mass is 10.2. The number of carboxylic acids is 1. The Kier molecular flexibility index (Phi) is 4.71. The molecular weight excluding hydrogens is 318 g/mol. The van der Waals surface area contributed by atoms with Crippen molar-refractivity contribution in [3.05, 3.63) is 89.7 Å². The van der Waals surface area contributed by atoms with Gasteiger partial charge in [0.05, 0.1) is 17.5 Å². The van der Waals surface area contributed by atoms with Gasteiger partial charge in [0.15, 0.2) is 0 Å². The number of hydrogen-bond donors (Lipinski definition) is 2. The van der Waals surface area contributed by atoms with Gasteiger partial charge in [0, 0.05) is 17.4 Å². The molecule has 25 heavy (non-hydrogen) atoms. The van der Waals surface area contributed by atoms with Crippen molar-refractivity contribution in [1.82, 2.24) is 9.99 Å². The number of nitrogens with zero attached hydrogens (tertiary/aromatic N) is 2. The van der Waals surface area contributed by atoms with Gasteiger partial charge < -0.3 is 9.67 Å². The van der Waals surface area contributed by atoms with Gasteiger partial charge in [0.25, 0.3) is 5.91 Å². The molecule has 2 N–H and O–H groups in total. The number of amides is 1. The van der Waals surface area contributed by atoms with Crippen LogP contribution in [-0.2, 0) is 0 Å². The van der Waals surface area contributed by atoms with E-state index in [1.54, 1.807) is 53.2 Å². The zero-order valence-electron chi connectivity index (χ0n) is 13.2. The van der Waals surface area contributed by atoms with Crippen molar-refractivity contribution in [2.75, 3.05) is 0 Å². The van der Waals surface area contributed by atoms with Gasteiger partial charge in [0.2, 0.25) is 0 Å². The predicted molar refractivity (Wildman–Crippen MR) is 94.2 cm³/mol. The maximum Gasteiger partial charge on any atom is 0.335 e. The number of nitrogens with one attached hydrogen (secondary N) is 1. The highest BCUT2D eigenvalue weighted by Crippen LogP contribution is 2.13.